The molecule has 1 aromatic rings. The van der Waals surface area contributed by atoms with Crippen LogP contribution in [0.3, 0.4) is 0 Å². The van der Waals surface area contributed by atoms with Crippen LogP contribution in [0.5, 0.6) is 0 Å². The van der Waals surface area contributed by atoms with Gasteiger partial charge in [-0.05, 0) is 13.3 Å². The highest BCUT2D eigenvalue weighted by molar-refractivity contribution is 8.13. The van der Waals surface area contributed by atoms with Crippen molar-refractivity contribution in [3.8, 4) is 0 Å². The Kier molecular flexibility index (Phi) is 4.53. The van der Waals surface area contributed by atoms with Crippen LogP contribution in [0.25, 0.3) is 0 Å². The number of hydrogen-bond donors (Lipinski definition) is 1. The van der Waals surface area contributed by atoms with Crippen molar-refractivity contribution in [2.45, 2.75) is 31.2 Å². The van der Waals surface area contributed by atoms with Crippen molar-refractivity contribution in [1.82, 2.24) is 15.1 Å². The second-order valence-electron chi connectivity index (χ2n) is 3.56. The van der Waals surface area contributed by atoms with Gasteiger partial charge in [0, 0.05) is 23.4 Å². The fraction of sp³-hybridized carbons (Fsp3) is 0.556. The van der Waals surface area contributed by atoms with Gasteiger partial charge in [0.2, 0.25) is 5.91 Å². The summed E-state index contributed by atoms with van der Waals surface area (Å²) in [6.45, 7) is 4.14. The molecule has 0 bridgehead atoms. The average molecular weight is 280 g/mol. The standard InChI is InChI=1S/C9H14ClN3O3S/c1-3-4-11-9(14)7(2)13-6-8(5-12-13)17(10,15)16/h5-7H,3-4H2,1-2H3,(H,11,14). The molecular formula is C9H14ClN3O3S. The van der Waals surface area contributed by atoms with Crippen LogP contribution in [-0.2, 0) is 13.8 Å². The van der Waals surface area contributed by atoms with E-state index in [9.17, 15) is 13.2 Å². The number of hydrogen-bond acceptors (Lipinski definition) is 4. The lowest BCUT2D eigenvalue weighted by Gasteiger charge is -2.11. The van der Waals surface area contributed by atoms with Crippen molar-refractivity contribution in [2.24, 2.45) is 0 Å². The van der Waals surface area contributed by atoms with E-state index in [-0.39, 0.29) is 10.8 Å². The Morgan fingerprint density at radius 3 is 2.76 bits per heavy atom. The minimum absolute atomic E-state index is 0.116. The summed E-state index contributed by atoms with van der Waals surface area (Å²) in [5.74, 6) is -0.214. The molecule has 1 aromatic heterocycles. The summed E-state index contributed by atoms with van der Waals surface area (Å²) >= 11 is 0. The highest BCUT2D eigenvalue weighted by atomic mass is 35.7. The van der Waals surface area contributed by atoms with E-state index in [2.05, 4.69) is 10.4 Å². The average Bonchev–Trinajstić information content (AvgIpc) is 2.73. The van der Waals surface area contributed by atoms with E-state index in [4.69, 9.17) is 10.7 Å². The van der Waals surface area contributed by atoms with Crippen molar-refractivity contribution >= 4 is 25.6 Å². The number of halogens is 1. The third kappa shape index (κ3) is 3.71. The van der Waals surface area contributed by atoms with Gasteiger partial charge in [-0.25, -0.2) is 8.42 Å². The molecule has 0 radical (unpaired) electrons. The summed E-state index contributed by atoms with van der Waals surface area (Å²) in [5, 5.41) is 6.50. The minimum Gasteiger partial charge on any atom is -0.354 e. The van der Waals surface area contributed by atoms with Crippen LogP contribution in [0, 0.1) is 0 Å². The molecule has 8 heteroatoms. The maximum Gasteiger partial charge on any atom is 0.264 e. The Morgan fingerprint density at radius 2 is 2.29 bits per heavy atom. The number of aromatic nitrogens is 2. The first-order valence-corrected chi connectivity index (χ1v) is 7.43. The zero-order chi connectivity index (χ0) is 13.1. The van der Waals surface area contributed by atoms with Crippen molar-refractivity contribution in [3.63, 3.8) is 0 Å². The first-order valence-electron chi connectivity index (χ1n) is 5.12. The van der Waals surface area contributed by atoms with Gasteiger partial charge in [0.05, 0.1) is 6.20 Å². The van der Waals surface area contributed by atoms with E-state index < -0.39 is 15.1 Å². The fourth-order valence-corrected chi connectivity index (χ4v) is 1.82. The number of nitrogens with zero attached hydrogens (tertiary/aromatic N) is 2. The quantitative estimate of drug-likeness (QED) is 0.812. The van der Waals surface area contributed by atoms with Gasteiger partial charge in [0.25, 0.3) is 9.05 Å². The van der Waals surface area contributed by atoms with Gasteiger partial charge in [-0.3, -0.25) is 9.48 Å². The van der Waals surface area contributed by atoms with Crippen LogP contribution in [-0.4, -0.2) is 30.7 Å². The number of carbonyl (C=O) groups excluding carboxylic acids is 1. The highest BCUT2D eigenvalue weighted by Gasteiger charge is 2.18. The first-order chi connectivity index (χ1) is 7.86. The van der Waals surface area contributed by atoms with Crippen LogP contribution >= 0.6 is 10.7 Å². The zero-order valence-corrected chi connectivity index (χ0v) is 11.1. The molecule has 1 rings (SSSR count). The van der Waals surface area contributed by atoms with Gasteiger partial charge >= 0.3 is 0 Å². The molecule has 0 aromatic carbocycles. The second kappa shape index (κ2) is 5.50. The predicted octanol–water partition coefficient (Wildman–Crippen LogP) is 0.898. The maximum absolute atomic E-state index is 11.6. The topological polar surface area (TPSA) is 81.1 Å². The Balaban J connectivity index is 2.80. The van der Waals surface area contributed by atoms with Gasteiger partial charge in [0.15, 0.2) is 0 Å². The maximum atomic E-state index is 11.6. The molecule has 0 aliphatic carbocycles. The molecule has 0 aliphatic heterocycles. The normalized spacial score (nSPS) is 13.4. The molecule has 1 atom stereocenters. The number of nitrogens with one attached hydrogen (secondary N) is 1. The van der Waals surface area contributed by atoms with Gasteiger partial charge in [-0.15, -0.1) is 0 Å². The molecule has 1 unspecified atom stereocenters. The third-order valence-electron chi connectivity index (χ3n) is 2.18. The Labute approximate surface area is 104 Å². The van der Waals surface area contributed by atoms with Crippen LogP contribution in [0.15, 0.2) is 17.3 Å². The van der Waals surface area contributed by atoms with Crippen LogP contribution < -0.4 is 5.32 Å². The lowest BCUT2D eigenvalue weighted by molar-refractivity contribution is -0.124. The largest absolute Gasteiger partial charge is 0.354 e. The molecule has 6 nitrogen and oxygen atoms in total. The van der Waals surface area contributed by atoms with Gasteiger partial charge in [-0.1, -0.05) is 6.92 Å². The summed E-state index contributed by atoms with van der Waals surface area (Å²) in [6, 6.07) is -0.575. The fourth-order valence-electron chi connectivity index (χ4n) is 1.17. The van der Waals surface area contributed by atoms with E-state index in [1.54, 1.807) is 6.92 Å². The summed E-state index contributed by atoms with van der Waals surface area (Å²) in [7, 11) is 1.36. The smallest absolute Gasteiger partial charge is 0.264 e. The van der Waals surface area contributed by atoms with Crippen molar-refractivity contribution in [1.29, 1.82) is 0 Å². The summed E-state index contributed by atoms with van der Waals surface area (Å²) < 4.78 is 23.3. The number of amides is 1. The molecule has 1 amide bonds. The highest BCUT2D eigenvalue weighted by Crippen LogP contribution is 2.15. The van der Waals surface area contributed by atoms with Crippen molar-refractivity contribution < 1.29 is 13.2 Å². The molecule has 1 N–H and O–H groups in total. The van der Waals surface area contributed by atoms with E-state index in [0.717, 1.165) is 12.6 Å². The van der Waals surface area contributed by atoms with Crippen molar-refractivity contribution in [3.05, 3.63) is 12.4 Å². The van der Waals surface area contributed by atoms with E-state index >= 15 is 0 Å². The van der Waals surface area contributed by atoms with Gasteiger partial charge < -0.3 is 5.32 Å². The third-order valence-corrected chi connectivity index (χ3v) is 3.49. The SMILES string of the molecule is CCCNC(=O)C(C)n1cc(S(=O)(=O)Cl)cn1. The van der Waals surface area contributed by atoms with Crippen LogP contribution in [0.4, 0.5) is 0 Å². The van der Waals surface area contributed by atoms with E-state index in [0.29, 0.717) is 6.54 Å². The molecule has 0 aliphatic rings. The van der Waals surface area contributed by atoms with Crippen molar-refractivity contribution in [2.75, 3.05) is 6.54 Å². The minimum atomic E-state index is -3.80. The lowest BCUT2D eigenvalue weighted by atomic mass is 10.3. The molecule has 0 saturated carbocycles. The molecular weight excluding hydrogens is 266 g/mol. The Hall–Kier alpha value is -1.08. The molecule has 17 heavy (non-hydrogen) atoms. The number of carbonyl (C=O) groups is 1. The van der Waals surface area contributed by atoms with E-state index in [1.807, 2.05) is 6.92 Å². The van der Waals surface area contributed by atoms with E-state index in [1.165, 1.54) is 10.9 Å². The number of rotatable bonds is 5. The Morgan fingerprint density at radius 1 is 1.65 bits per heavy atom. The summed E-state index contributed by atoms with van der Waals surface area (Å²) in [4.78, 5) is 11.5. The first kappa shape index (κ1) is 14.0. The molecule has 0 spiro atoms. The zero-order valence-electron chi connectivity index (χ0n) is 9.55. The van der Waals surface area contributed by atoms with Gasteiger partial charge in [0.1, 0.15) is 10.9 Å². The Bertz CT molecular complexity index is 497. The summed E-state index contributed by atoms with van der Waals surface area (Å²) in [6.07, 6.45) is 3.18. The monoisotopic (exact) mass is 279 g/mol. The van der Waals surface area contributed by atoms with Crippen LogP contribution in [0.1, 0.15) is 26.3 Å². The van der Waals surface area contributed by atoms with Gasteiger partial charge in [-0.2, -0.15) is 5.10 Å². The second-order valence-corrected chi connectivity index (χ2v) is 6.13. The van der Waals surface area contributed by atoms with Crippen LogP contribution in [0.2, 0.25) is 0 Å². The predicted molar refractivity (Wildman–Crippen MR) is 63.3 cm³/mol. The molecule has 96 valence electrons. The summed E-state index contributed by atoms with van der Waals surface area (Å²) in [5.41, 5.74) is 0. The molecule has 0 fully saturated rings. The molecule has 0 saturated heterocycles. The molecule has 1 heterocycles. The lowest BCUT2D eigenvalue weighted by Crippen LogP contribution is -2.31.